The molecule has 3 amide bonds. The van der Waals surface area contributed by atoms with Crippen LogP contribution in [0.3, 0.4) is 0 Å². The van der Waals surface area contributed by atoms with Crippen molar-refractivity contribution in [2.24, 2.45) is 11.8 Å². The van der Waals surface area contributed by atoms with Gasteiger partial charge in [-0.1, -0.05) is 43.7 Å². The van der Waals surface area contributed by atoms with E-state index in [0.717, 1.165) is 4.90 Å². The van der Waals surface area contributed by atoms with E-state index in [1.165, 1.54) is 6.92 Å². The van der Waals surface area contributed by atoms with Crippen LogP contribution in [0.25, 0.3) is 0 Å². The van der Waals surface area contributed by atoms with E-state index in [1.54, 1.807) is 31.2 Å². The average Bonchev–Trinajstić information content (AvgIpc) is 3.60. The van der Waals surface area contributed by atoms with Gasteiger partial charge in [0.25, 0.3) is 0 Å². The highest BCUT2D eigenvalue weighted by Gasteiger charge is 2.67. The summed E-state index contributed by atoms with van der Waals surface area (Å²) < 4.78 is 55.1. The number of carbonyl (C=O) groups is 5. The molecule has 0 saturated carbocycles. The maximum absolute atomic E-state index is 14.0. The molecule has 13 nitrogen and oxygen atoms in total. The number of para-hydroxylation sites is 1. The minimum atomic E-state index is -5.68. The number of aromatic nitrogens is 4. The van der Waals surface area contributed by atoms with Gasteiger partial charge in [0.05, 0.1) is 13.1 Å². The third-order valence-corrected chi connectivity index (χ3v) is 6.86. The summed E-state index contributed by atoms with van der Waals surface area (Å²) in [6.45, 7) is 2.17. The van der Waals surface area contributed by atoms with Crippen molar-refractivity contribution < 1.29 is 46.6 Å². The molecule has 2 aromatic rings. The van der Waals surface area contributed by atoms with Gasteiger partial charge in [-0.05, 0) is 17.5 Å². The smallest absolute Gasteiger partial charge is 0.411 e. The number of rotatable bonds is 13. The van der Waals surface area contributed by atoms with Crippen molar-refractivity contribution in [1.29, 1.82) is 0 Å². The highest BCUT2D eigenvalue weighted by molar-refractivity contribution is 6.05. The number of carboxylic acids is 1. The lowest BCUT2D eigenvalue weighted by molar-refractivity contribution is -0.221. The average molecular weight is 586 g/mol. The van der Waals surface area contributed by atoms with Crippen molar-refractivity contribution in [3.63, 3.8) is 0 Å². The number of anilines is 1. The molecule has 0 fully saturated rings. The van der Waals surface area contributed by atoms with E-state index < -0.39 is 72.2 Å². The van der Waals surface area contributed by atoms with Crippen molar-refractivity contribution in [2.75, 3.05) is 11.4 Å². The molecular formula is C24H27F4N7O6. The fourth-order valence-corrected chi connectivity index (χ4v) is 4.30. The van der Waals surface area contributed by atoms with Crippen molar-refractivity contribution in [3.8, 4) is 0 Å². The molecule has 4 N–H and O–H groups in total. The molecule has 0 radical (unpaired) electrons. The molecule has 0 aliphatic carbocycles. The summed E-state index contributed by atoms with van der Waals surface area (Å²) in [6, 6.07) is 5.62. The van der Waals surface area contributed by atoms with Gasteiger partial charge in [0.15, 0.2) is 5.82 Å². The van der Waals surface area contributed by atoms with Gasteiger partial charge < -0.3 is 15.7 Å². The molecule has 1 aliphatic heterocycles. The minimum Gasteiger partial charge on any atom is -0.477 e. The van der Waals surface area contributed by atoms with E-state index in [2.05, 4.69) is 31.3 Å². The number of fused-ring (bicyclic) bond motifs is 1. The number of aliphatic carboxylic acids is 1. The zero-order valence-corrected chi connectivity index (χ0v) is 21.9. The van der Waals surface area contributed by atoms with Crippen LogP contribution in [0.5, 0.6) is 0 Å². The Kier molecular flexibility index (Phi) is 9.39. The number of alkyl halides is 4. The number of Topliss-reactive ketones (excluding diaryl/α,β-unsaturated/α-hetero) is 1. The van der Waals surface area contributed by atoms with Gasteiger partial charge in [0, 0.05) is 24.4 Å². The number of nitrogens with zero attached hydrogens (tertiary/aromatic N) is 4. The number of hydrogen-bond donors (Lipinski definition) is 4. The number of halogens is 4. The molecule has 3 atom stereocenters. The molecule has 0 saturated heterocycles. The standard InChI is InChI=1S/C24H27F4N7O6/c1-3-12(2)14(9-17(36)23(25,26)24(27,28)22(40)41)20(38)30-11-19(37)35-15-7-5-4-6-13(15)8-16(35)21(39)29-10-18-31-33-34-32-18/h4-7,12,14,16H,3,8-11H2,1-2H3,(H,29,39)(H,30,38)(H,40,41)(H,31,32,33,34)/t12-,14-,16-/m0/s1. The maximum Gasteiger partial charge on any atom is 0.411 e. The summed E-state index contributed by atoms with van der Waals surface area (Å²) >= 11 is 0. The second-order valence-electron chi connectivity index (χ2n) is 9.45. The molecule has 0 bridgehead atoms. The largest absolute Gasteiger partial charge is 0.477 e. The molecule has 0 spiro atoms. The first-order valence-corrected chi connectivity index (χ1v) is 12.4. The lowest BCUT2D eigenvalue weighted by atomic mass is 9.84. The highest BCUT2D eigenvalue weighted by Crippen LogP contribution is 2.38. The highest BCUT2D eigenvalue weighted by atomic mass is 19.3. The number of benzene rings is 1. The van der Waals surface area contributed by atoms with Gasteiger partial charge in [0.2, 0.25) is 23.5 Å². The number of H-pyrrole nitrogens is 1. The number of carboxylic acid groups (broad SMARTS) is 1. The molecule has 1 aromatic heterocycles. The summed E-state index contributed by atoms with van der Waals surface area (Å²) in [5.41, 5.74) is 1.06. The first-order chi connectivity index (χ1) is 19.2. The number of ketones is 1. The Bertz CT molecular complexity index is 1310. The Morgan fingerprint density at radius 3 is 2.41 bits per heavy atom. The van der Waals surface area contributed by atoms with Gasteiger partial charge in [0.1, 0.15) is 6.04 Å². The fourth-order valence-electron chi connectivity index (χ4n) is 4.30. The summed E-state index contributed by atoms with van der Waals surface area (Å²) in [5, 5.41) is 26.3. The van der Waals surface area contributed by atoms with Crippen LogP contribution in [0.1, 0.15) is 38.1 Å². The topological polar surface area (TPSA) is 187 Å². The van der Waals surface area contributed by atoms with E-state index in [4.69, 9.17) is 5.11 Å². The molecule has 222 valence electrons. The summed E-state index contributed by atoms with van der Waals surface area (Å²) in [5.74, 6) is -21.4. The summed E-state index contributed by atoms with van der Waals surface area (Å²) in [4.78, 5) is 63.0. The van der Waals surface area contributed by atoms with Crippen molar-refractivity contribution in [3.05, 3.63) is 35.7 Å². The second-order valence-corrected chi connectivity index (χ2v) is 9.45. The third kappa shape index (κ3) is 6.49. The number of hydrogen-bond acceptors (Lipinski definition) is 8. The molecule has 2 heterocycles. The van der Waals surface area contributed by atoms with Crippen LogP contribution in [0.2, 0.25) is 0 Å². The molecule has 41 heavy (non-hydrogen) atoms. The van der Waals surface area contributed by atoms with Gasteiger partial charge in [-0.25, -0.2) is 4.79 Å². The molecule has 0 unspecified atom stereocenters. The van der Waals surface area contributed by atoms with E-state index >= 15 is 0 Å². The number of tetrazole rings is 1. The van der Waals surface area contributed by atoms with E-state index in [1.807, 2.05) is 0 Å². The van der Waals surface area contributed by atoms with Gasteiger partial charge in [-0.3, -0.25) is 24.1 Å². The van der Waals surface area contributed by atoms with E-state index in [9.17, 15) is 41.5 Å². The van der Waals surface area contributed by atoms with Crippen molar-refractivity contribution in [2.45, 2.75) is 57.5 Å². The number of carbonyl (C=O) groups excluding carboxylic acids is 4. The maximum atomic E-state index is 14.0. The van der Waals surface area contributed by atoms with Gasteiger partial charge >= 0.3 is 17.8 Å². The Hall–Kier alpha value is -4.44. The SMILES string of the molecule is CC[C@H](C)[C@H](CC(=O)C(F)(F)C(F)(F)C(=O)O)C(=O)NCC(=O)N1c2ccccc2C[C@H]1C(=O)NCc1nn[nH]n1. The fraction of sp³-hybridized carbons (Fsp3) is 0.500. The van der Waals surface area contributed by atoms with E-state index in [-0.39, 0.29) is 25.2 Å². The summed E-state index contributed by atoms with van der Waals surface area (Å²) in [7, 11) is 0. The van der Waals surface area contributed by atoms with Gasteiger partial charge in [-0.15, -0.1) is 10.2 Å². The lowest BCUT2D eigenvalue weighted by Gasteiger charge is -2.27. The molecule has 1 aliphatic rings. The first kappa shape index (κ1) is 31.1. The number of nitrogens with one attached hydrogen (secondary N) is 3. The minimum absolute atomic E-state index is 0.0862. The van der Waals surface area contributed by atoms with Crippen LogP contribution in [0.15, 0.2) is 24.3 Å². The van der Waals surface area contributed by atoms with Crippen LogP contribution in [-0.2, 0) is 36.9 Å². The van der Waals surface area contributed by atoms with Crippen molar-refractivity contribution >= 4 is 35.2 Å². The summed E-state index contributed by atoms with van der Waals surface area (Å²) in [6.07, 6.45) is -1.08. The lowest BCUT2D eigenvalue weighted by Crippen LogP contribution is -2.54. The number of amides is 3. The molecule has 17 heteroatoms. The Balaban J connectivity index is 1.73. The first-order valence-electron chi connectivity index (χ1n) is 12.4. The Morgan fingerprint density at radius 1 is 1.12 bits per heavy atom. The van der Waals surface area contributed by atoms with Crippen LogP contribution in [-0.4, -0.2) is 79.6 Å². The van der Waals surface area contributed by atoms with Gasteiger partial charge in [-0.2, -0.15) is 22.8 Å². The monoisotopic (exact) mass is 585 g/mol. The van der Waals surface area contributed by atoms with Crippen LogP contribution in [0, 0.1) is 11.8 Å². The Morgan fingerprint density at radius 2 is 1.80 bits per heavy atom. The third-order valence-electron chi connectivity index (χ3n) is 6.86. The van der Waals surface area contributed by atoms with E-state index in [0.29, 0.717) is 11.3 Å². The molecule has 3 rings (SSSR count). The Labute approximate surface area is 230 Å². The zero-order chi connectivity index (χ0) is 30.5. The van der Waals surface area contributed by atoms with Crippen LogP contribution < -0.4 is 15.5 Å². The van der Waals surface area contributed by atoms with Crippen LogP contribution >= 0.6 is 0 Å². The second kappa shape index (κ2) is 12.4. The molecular weight excluding hydrogens is 558 g/mol. The zero-order valence-electron chi connectivity index (χ0n) is 21.9. The normalized spacial score (nSPS) is 16.4. The van der Waals surface area contributed by atoms with Crippen LogP contribution in [0.4, 0.5) is 23.2 Å². The van der Waals surface area contributed by atoms with Crippen molar-refractivity contribution in [1.82, 2.24) is 31.3 Å². The molecule has 1 aromatic carbocycles. The number of aromatic amines is 1. The quantitative estimate of drug-likeness (QED) is 0.247. The predicted molar refractivity (Wildman–Crippen MR) is 131 cm³/mol. The predicted octanol–water partition coefficient (Wildman–Crippen LogP) is 0.867.